The van der Waals surface area contributed by atoms with E-state index in [2.05, 4.69) is 26.6 Å². The number of benzene rings is 1. The predicted molar refractivity (Wildman–Crippen MR) is 257 cm³/mol. The second kappa shape index (κ2) is 33.9. The Kier molecular flexibility index (Phi) is 29.3. The topological polar surface area (TPSA) is 304 Å². The summed E-state index contributed by atoms with van der Waals surface area (Å²) in [5.41, 5.74) is 0.914. The molecular weight excluding hydrogens is 919 g/mol. The molecule has 1 fully saturated rings. The van der Waals surface area contributed by atoms with Gasteiger partial charge in [0.25, 0.3) is 5.91 Å². The summed E-state index contributed by atoms with van der Waals surface area (Å²) in [6.45, 7) is 6.04. The number of carboxylic acids is 3. The number of ketones is 1. The van der Waals surface area contributed by atoms with E-state index < -0.39 is 54.3 Å². The largest absolute Gasteiger partial charge is 0.480 e. The van der Waals surface area contributed by atoms with E-state index in [0.717, 1.165) is 6.29 Å². The third kappa shape index (κ3) is 26.7. The van der Waals surface area contributed by atoms with Crippen LogP contribution in [-0.2, 0) is 49.7 Å². The molecule has 69 heavy (non-hydrogen) atoms. The highest BCUT2D eigenvalue weighted by Crippen LogP contribution is 2.10. The van der Waals surface area contributed by atoms with Gasteiger partial charge in [0.15, 0.2) is 0 Å². The molecule has 2 rings (SSSR count). The molecule has 23 heteroatoms. The molecule has 0 aliphatic carbocycles. The molecule has 0 saturated carbocycles. The summed E-state index contributed by atoms with van der Waals surface area (Å²) in [5, 5.41) is 41.8. The molecule has 0 bridgehead atoms. The number of carboxylic acid groups (broad SMARTS) is 3. The number of carbonyl (C=O) groups is 10. The zero-order valence-electron chi connectivity index (χ0n) is 40.2. The van der Waals surface area contributed by atoms with Crippen molar-refractivity contribution >= 4 is 71.3 Å². The highest BCUT2D eigenvalue weighted by molar-refractivity contribution is 7.98. The summed E-state index contributed by atoms with van der Waals surface area (Å²) < 4.78 is 0. The highest BCUT2D eigenvalue weighted by Gasteiger charge is 2.25. The lowest BCUT2D eigenvalue weighted by Crippen LogP contribution is -2.51. The van der Waals surface area contributed by atoms with E-state index in [0.29, 0.717) is 109 Å². The highest BCUT2D eigenvalue weighted by atomic mass is 32.2. The van der Waals surface area contributed by atoms with Crippen molar-refractivity contribution in [2.24, 2.45) is 5.92 Å². The minimum Gasteiger partial charge on any atom is -0.480 e. The van der Waals surface area contributed by atoms with Crippen molar-refractivity contribution in [3.8, 4) is 0 Å². The number of aliphatic carboxylic acids is 3. The van der Waals surface area contributed by atoms with Crippen LogP contribution < -0.4 is 26.6 Å². The number of hydrogen-bond donors (Lipinski definition) is 8. The zero-order chi connectivity index (χ0) is 51.1. The normalized spacial score (nSPS) is 15.4. The van der Waals surface area contributed by atoms with Crippen LogP contribution in [0.3, 0.4) is 0 Å². The first-order chi connectivity index (χ1) is 32.9. The molecule has 1 aromatic carbocycles. The standard InChI is InChI=1S/C46H73N9O13S/c1-33(2)38(57)9-4-5-10-39(58)47-16-7-6-8-37(46(67)68)50-40(59)29-49-45(66)36(15-27-69-3)51-44(65)35-13-11-34(12-14-35)28-48-41(60)30-53-19-17-52(25-26-56)18-20-54(31-42(61)62)23-24-55(22-21-53)32-43(63)64/h11-14,26,33,36-37H,4-10,15-25,27-32H2,1-3H3,(H,47,58)(H,48,60)(H,49,66)(H,50,59)(H,51,65)(H,61,62)(H,63,64)(H,67,68). The van der Waals surface area contributed by atoms with Gasteiger partial charge in [-0.15, -0.1) is 0 Å². The number of Topliss-reactive ketones (excluding diaryl/α,β-unsaturated/α-hetero) is 1. The number of thioether (sulfide) groups is 1. The summed E-state index contributed by atoms with van der Waals surface area (Å²) in [4.78, 5) is 130. The minimum absolute atomic E-state index is 0.0168. The number of nitrogens with one attached hydrogen (secondary N) is 5. The van der Waals surface area contributed by atoms with Gasteiger partial charge >= 0.3 is 17.9 Å². The van der Waals surface area contributed by atoms with Crippen LogP contribution in [0.1, 0.15) is 81.1 Å². The maximum Gasteiger partial charge on any atom is 0.326 e. The van der Waals surface area contributed by atoms with E-state index in [-0.39, 0.29) is 74.6 Å². The Morgan fingerprint density at radius 1 is 0.638 bits per heavy atom. The molecule has 0 spiro atoms. The molecule has 5 amide bonds. The summed E-state index contributed by atoms with van der Waals surface area (Å²) in [6.07, 6.45) is 5.78. The van der Waals surface area contributed by atoms with E-state index >= 15 is 0 Å². The second-order valence-corrected chi connectivity index (χ2v) is 18.2. The number of hydrogen-bond acceptors (Lipinski definition) is 15. The lowest BCUT2D eigenvalue weighted by molar-refractivity contribution is -0.142. The molecule has 0 radical (unpaired) electrons. The predicted octanol–water partition coefficient (Wildman–Crippen LogP) is -0.498. The van der Waals surface area contributed by atoms with Crippen molar-refractivity contribution in [1.29, 1.82) is 0 Å². The fourth-order valence-electron chi connectivity index (χ4n) is 7.16. The Balaban J connectivity index is 1.88. The third-order valence-electron chi connectivity index (χ3n) is 11.3. The number of unbranched alkanes of at least 4 members (excludes halogenated alkanes) is 2. The SMILES string of the molecule is CSCCC(NC(=O)c1ccc(CNC(=O)CN2CCN(CC=O)CCN(CC(=O)O)CCN(CC(=O)O)CC2)cc1)C(=O)NCC(=O)NC(CCCCNC(=O)CCCCC(=O)C(C)C)C(=O)O. The second-order valence-electron chi connectivity index (χ2n) is 17.2. The number of amides is 5. The van der Waals surface area contributed by atoms with Gasteiger partial charge in [0, 0.05) is 89.8 Å². The first-order valence-corrected chi connectivity index (χ1v) is 24.8. The fourth-order valence-corrected chi connectivity index (χ4v) is 7.63. The Morgan fingerprint density at radius 3 is 1.74 bits per heavy atom. The van der Waals surface area contributed by atoms with Crippen LogP contribution in [0.5, 0.6) is 0 Å². The van der Waals surface area contributed by atoms with Gasteiger partial charge in [-0.1, -0.05) is 26.0 Å². The van der Waals surface area contributed by atoms with Gasteiger partial charge in [-0.25, -0.2) is 4.79 Å². The van der Waals surface area contributed by atoms with Crippen LogP contribution in [0, 0.1) is 5.92 Å². The van der Waals surface area contributed by atoms with Crippen LogP contribution in [0.25, 0.3) is 0 Å². The summed E-state index contributed by atoms with van der Waals surface area (Å²) in [7, 11) is 0. The molecule has 386 valence electrons. The van der Waals surface area contributed by atoms with Crippen molar-refractivity contribution in [1.82, 2.24) is 46.2 Å². The van der Waals surface area contributed by atoms with Gasteiger partial charge in [0.1, 0.15) is 24.2 Å². The molecule has 1 heterocycles. The van der Waals surface area contributed by atoms with E-state index in [9.17, 15) is 63.3 Å². The quantitative estimate of drug-likeness (QED) is 0.0344. The average Bonchev–Trinajstić information content (AvgIpc) is 3.30. The van der Waals surface area contributed by atoms with Crippen molar-refractivity contribution in [3.05, 3.63) is 35.4 Å². The Morgan fingerprint density at radius 2 is 1.20 bits per heavy atom. The van der Waals surface area contributed by atoms with Crippen LogP contribution >= 0.6 is 11.8 Å². The lowest BCUT2D eigenvalue weighted by Gasteiger charge is -2.32. The third-order valence-corrected chi connectivity index (χ3v) is 11.9. The summed E-state index contributed by atoms with van der Waals surface area (Å²) in [6, 6.07) is 4.16. The van der Waals surface area contributed by atoms with E-state index in [1.165, 1.54) is 11.8 Å². The fraction of sp³-hybridized carbons (Fsp3) is 0.652. The summed E-state index contributed by atoms with van der Waals surface area (Å²) in [5.74, 6) is -5.03. The molecule has 0 aromatic heterocycles. The Labute approximate surface area is 408 Å². The average molecular weight is 992 g/mol. The Hall–Kier alpha value is -5.49. The van der Waals surface area contributed by atoms with Gasteiger partial charge in [-0.05, 0) is 68.2 Å². The van der Waals surface area contributed by atoms with Crippen LogP contribution in [0.4, 0.5) is 0 Å². The monoisotopic (exact) mass is 992 g/mol. The van der Waals surface area contributed by atoms with E-state index in [1.54, 1.807) is 34.1 Å². The van der Waals surface area contributed by atoms with Crippen molar-refractivity contribution in [2.45, 2.75) is 83.8 Å². The van der Waals surface area contributed by atoms with Crippen LogP contribution in [-0.4, -0.2) is 210 Å². The van der Waals surface area contributed by atoms with Gasteiger partial charge in [0.05, 0.1) is 32.7 Å². The smallest absolute Gasteiger partial charge is 0.326 e. The van der Waals surface area contributed by atoms with Crippen LogP contribution in [0.2, 0.25) is 0 Å². The molecule has 22 nitrogen and oxygen atoms in total. The minimum atomic E-state index is -1.25. The lowest BCUT2D eigenvalue weighted by atomic mass is 10.0. The number of carbonyl (C=O) groups excluding carboxylic acids is 7. The van der Waals surface area contributed by atoms with Crippen molar-refractivity contribution in [3.63, 3.8) is 0 Å². The van der Waals surface area contributed by atoms with Gasteiger partial charge < -0.3 is 46.7 Å². The molecule has 8 N–H and O–H groups in total. The van der Waals surface area contributed by atoms with Gasteiger partial charge in [0.2, 0.25) is 23.6 Å². The maximum atomic E-state index is 13.3. The molecule has 1 aliphatic rings. The number of aldehydes is 1. The first kappa shape index (κ1) is 59.6. The van der Waals surface area contributed by atoms with E-state index in [1.807, 2.05) is 29.9 Å². The Bertz CT molecular complexity index is 1840. The zero-order valence-corrected chi connectivity index (χ0v) is 41.0. The number of rotatable bonds is 31. The van der Waals surface area contributed by atoms with E-state index in [4.69, 9.17) is 0 Å². The van der Waals surface area contributed by atoms with Crippen molar-refractivity contribution < 1.29 is 63.3 Å². The molecule has 2 unspecified atom stereocenters. The molecule has 1 saturated heterocycles. The molecule has 1 aromatic rings. The molecule has 2 atom stereocenters. The first-order valence-electron chi connectivity index (χ1n) is 23.4. The van der Waals surface area contributed by atoms with Gasteiger partial charge in [-0.3, -0.25) is 58.0 Å². The van der Waals surface area contributed by atoms with Crippen molar-refractivity contribution in [2.75, 3.05) is 104 Å². The molecular formula is C46H73N9O13S. The maximum absolute atomic E-state index is 13.3. The van der Waals surface area contributed by atoms with Gasteiger partial charge in [-0.2, -0.15) is 11.8 Å². The molecule has 1 aliphatic heterocycles. The van der Waals surface area contributed by atoms with Crippen LogP contribution in [0.15, 0.2) is 24.3 Å². The summed E-state index contributed by atoms with van der Waals surface area (Å²) >= 11 is 1.45. The number of nitrogens with zero attached hydrogens (tertiary/aromatic N) is 4.